The summed E-state index contributed by atoms with van der Waals surface area (Å²) in [5, 5.41) is 3.58. The van der Waals surface area contributed by atoms with Gasteiger partial charge in [0.15, 0.2) is 0 Å². The predicted octanol–water partition coefficient (Wildman–Crippen LogP) is 4.79. The Balaban J connectivity index is 1.87. The normalized spacial score (nSPS) is 18.3. The molecular weight excluding hydrogens is 293 g/mol. The molecule has 1 aromatic rings. The average molecular weight is 314 g/mol. The summed E-state index contributed by atoms with van der Waals surface area (Å²) in [5.74, 6) is -0.174. The third-order valence-electron chi connectivity index (χ3n) is 3.72. The van der Waals surface area contributed by atoms with Crippen LogP contribution in [0.5, 0.6) is 0 Å². The van der Waals surface area contributed by atoms with Crippen molar-refractivity contribution in [3.05, 3.63) is 34.1 Å². The number of hydrogen-bond donors (Lipinski definition) is 1. The van der Waals surface area contributed by atoms with Crippen molar-refractivity contribution in [2.24, 2.45) is 0 Å². The summed E-state index contributed by atoms with van der Waals surface area (Å²) >= 11 is 3.32. The maximum Gasteiger partial charge on any atom is 0.137 e. The van der Waals surface area contributed by atoms with Gasteiger partial charge in [-0.2, -0.15) is 0 Å². The highest BCUT2D eigenvalue weighted by molar-refractivity contribution is 9.10. The molecule has 0 aliphatic heterocycles. The van der Waals surface area contributed by atoms with Crippen molar-refractivity contribution in [3.8, 4) is 0 Å². The summed E-state index contributed by atoms with van der Waals surface area (Å²) in [6.45, 7) is 0.753. The molecule has 3 heteroatoms. The second-order valence-electron chi connectivity index (χ2n) is 5.14. The van der Waals surface area contributed by atoms with Crippen LogP contribution in [0.3, 0.4) is 0 Å². The minimum atomic E-state index is -0.174. The predicted molar refractivity (Wildman–Crippen MR) is 77.0 cm³/mol. The molecule has 0 unspecified atom stereocenters. The molecule has 1 nitrogen and oxygen atoms in total. The van der Waals surface area contributed by atoms with E-state index in [0.29, 0.717) is 10.5 Å². The summed E-state index contributed by atoms with van der Waals surface area (Å²) in [7, 11) is 0. The van der Waals surface area contributed by atoms with Gasteiger partial charge < -0.3 is 5.32 Å². The van der Waals surface area contributed by atoms with E-state index in [1.165, 1.54) is 51.0 Å². The van der Waals surface area contributed by atoms with Gasteiger partial charge in [0.1, 0.15) is 5.82 Å². The average Bonchev–Trinajstić information content (AvgIpc) is 2.32. The highest BCUT2D eigenvalue weighted by Crippen LogP contribution is 2.22. The zero-order chi connectivity index (χ0) is 12.8. The van der Waals surface area contributed by atoms with Gasteiger partial charge in [-0.25, -0.2) is 4.39 Å². The Morgan fingerprint density at radius 3 is 2.50 bits per heavy atom. The molecule has 0 bridgehead atoms. The number of nitrogens with one attached hydrogen (secondary N) is 1. The van der Waals surface area contributed by atoms with Crippen LogP contribution in [-0.2, 0) is 6.54 Å². The minimum absolute atomic E-state index is 0.174. The van der Waals surface area contributed by atoms with E-state index < -0.39 is 0 Å². The van der Waals surface area contributed by atoms with E-state index >= 15 is 0 Å². The van der Waals surface area contributed by atoms with Crippen molar-refractivity contribution < 1.29 is 4.39 Å². The topological polar surface area (TPSA) is 12.0 Å². The van der Waals surface area contributed by atoms with Crippen LogP contribution in [-0.4, -0.2) is 6.04 Å². The Hall–Kier alpha value is -0.410. The maximum absolute atomic E-state index is 13.4. The Morgan fingerprint density at radius 1 is 1.11 bits per heavy atom. The monoisotopic (exact) mass is 313 g/mol. The Bertz CT molecular complexity index is 373. The minimum Gasteiger partial charge on any atom is -0.310 e. The zero-order valence-corrected chi connectivity index (χ0v) is 12.3. The fourth-order valence-corrected chi connectivity index (χ4v) is 3.00. The van der Waals surface area contributed by atoms with Crippen LogP contribution >= 0.6 is 15.9 Å². The van der Waals surface area contributed by atoms with Crippen LogP contribution in [0.4, 0.5) is 4.39 Å². The van der Waals surface area contributed by atoms with Crippen molar-refractivity contribution in [2.45, 2.75) is 57.5 Å². The summed E-state index contributed by atoms with van der Waals surface area (Å²) in [4.78, 5) is 0. The molecule has 1 aliphatic carbocycles. The lowest BCUT2D eigenvalue weighted by atomic mass is 9.96. The fraction of sp³-hybridized carbons (Fsp3) is 0.600. The van der Waals surface area contributed by atoms with Crippen LogP contribution in [0.15, 0.2) is 22.7 Å². The first-order valence-corrected chi connectivity index (χ1v) is 7.73. The van der Waals surface area contributed by atoms with Gasteiger partial charge in [-0.1, -0.05) is 44.2 Å². The van der Waals surface area contributed by atoms with Crippen molar-refractivity contribution in [1.82, 2.24) is 5.32 Å². The third-order valence-corrected chi connectivity index (χ3v) is 4.61. The second-order valence-corrected chi connectivity index (χ2v) is 5.93. The molecule has 0 heterocycles. The van der Waals surface area contributed by atoms with Gasteiger partial charge in [-0.15, -0.1) is 0 Å². The third kappa shape index (κ3) is 4.06. The lowest BCUT2D eigenvalue weighted by molar-refractivity contribution is 0.388. The molecule has 1 N–H and O–H groups in total. The van der Waals surface area contributed by atoms with Crippen LogP contribution in [0.1, 0.15) is 50.5 Å². The van der Waals surface area contributed by atoms with Gasteiger partial charge in [0.05, 0.1) is 4.47 Å². The molecule has 1 fully saturated rings. The Labute approximate surface area is 117 Å². The smallest absolute Gasteiger partial charge is 0.137 e. The van der Waals surface area contributed by atoms with Gasteiger partial charge in [-0.05, 0) is 40.4 Å². The molecule has 0 amide bonds. The summed E-state index contributed by atoms with van der Waals surface area (Å²) in [6, 6.07) is 5.84. The molecular formula is C15H21BrFN. The summed E-state index contributed by atoms with van der Waals surface area (Å²) in [5.41, 5.74) is 1.01. The molecule has 0 saturated heterocycles. The number of rotatable bonds is 3. The van der Waals surface area contributed by atoms with E-state index in [1.807, 2.05) is 6.07 Å². The van der Waals surface area contributed by atoms with Crippen LogP contribution < -0.4 is 5.32 Å². The molecule has 1 aliphatic rings. The van der Waals surface area contributed by atoms with Crippen molar-refractivity contribution in [2.75, 3.05) is 0 Å². The quantitative estimate of drug-likeness (QED) is 0.846. The molecule has 0 radical (unpaired) electrons. The first-order chi connectivity index (χ1) is 8.77. The fourth-order valence-electron chi connectivity index (χ4n) is 2.60. The first-order valence-electron chi connectivity index (χ1n) is 6.93. The largest absolute Gasteiger partial charge is 0.310 e. The molecule has 0 spiro atoms. The standard InChI is InChI=1S/C15H21BrFN/c16-15-12(7-6-10-14(15)17)11-18-13-8-4-2-1-3-5-9-13/h6-7,10,13,18H,1-5,8-9,11H2. The zero-order valence-electron chi connectivity index (χ0n) is 10.7. The van der Waals surface area contributed by atoms with E-state index in [4.69, 9.17) is 0 Å². The lowest BCUT2D eigenvalue weighted by Gasteiger charge is -2.21. The van der Waals surface area contributed by atoms with E-state index in [2.05, 4.69) is 21.2 Å². The molecule has 0 aromatic heterocycles. The van der Waals surface area contributed by atoms with Gasteiger partial charge >= 0.3 is 0 Å². The Kier molecular flexibility index (Phi) is 5.64. The molecule has 1 saturated carbocycles. The molecule has 100 valence electrons. The van der Waals surface area contributed by atoms with Crippen molar-refractivity contribution in [3.63, 3.8) is 0 Å². The van der Waals surface area contributed by atoms with E-state index in [0.717, 1.165) is 12.1 Å². The van der Waals surface area contributed by atoms with Gasteiger partial charge in [0.25, 0.3) is 0 Å². The van der Waals surface area contributed by atoms with Crippen molar-refractivity contribution >= 4 is 15.9 Å². The second kappa shape index (κ2) is 7.25. The molecule has 18 heavy (non-hydrogen) atoms. The SMILES string of the molecule is Fc1cccc(CNC2CCCCCCC2)c1Br. The summed E-state index contributed by atoms with van der Waals surface area (Å²) < 4.78 is 14.0. The number of halogens is 2. The van der Waals surface area contributed by atoms with Crippen molar-refractivity contribution in [1.29, 1.82) is 0 Å². The summed E-state index contributed by atoms with van der Waals surface area (Å²) in [6.07, 6.45) is 9.27. The van der Waals surface area contributed by atoms with Gasteiger partial charge in [-0.3, -0.25) is 0 Å². The molecule has 2 rings (SSSR count). The highest BCUT2D eigenvalue weighted by atomic mass is 79.9. The molecule has 0 atom stereocenters. The molecule has 1 aromatic carbocycles. The maximum atomic E-state index is 13.4. The highest BCUT2D eigenvalue weighted by Gasteiger charge is 2.12. The van der Waals surface area contributed by atoms with E-state index in [9.17, 15) is 4.39 Å². The number of hydrogen-bond acceptors (Lipinski definition) is 1. The lowest BCUT2D eigenvalue weighted by Crippen LogP contribution is -2.29. The van der Waals surface area contributed by atoms with Crippen LogP contribution in [0.25, 0.3) is 0 Å². The Morgan fingerprint density at radius 2 is 1.78 bits per heavy atom. The van der Waals surface area contributed by atoms with Crippen LogP contribution in [0.2, 0.25) is 0 Å². The van der Waals surface area contributed by atoms with Crippen LogP contribution in [0, 0.1) is 5.82 Å². The van der Waals surface area contributed by atoms with Gasteiger partial charge in [0.2, 0.25) is 0 Å². The van der Waals surface area contributed by atoms with Gasteiger partial charge in [0, 0.05) is 12.6 Å². The van der Waals surface area contributed by atoms with E-state index in [1.54, 1.807) is 6.07 Å². The van der Waals surface area contributed by atoms with E-state index in [-0.39, 0.29) is 5.82 Å². The number of benzene rings is 1. The first kappa shape index (κ1) is 14.0.